The lowest BCUT2D eigenvalue weighted by molar-refractivity contribution is 0.353. The van der Waals surface area contributed by atoms with Crippen LogP contribution in [0.4, 0.5) is 0 Å². The maximum atomic E-state index is 3.67. The molecule has 19 heavy (non-hydrogen) atoms. The van der Waals surface area contributed by atoms with Gasteiger partial charge < -0.3 is 5.32 Å². The molecule has 1 N–H and O–H groups in total. The van der Waals surface area contributed by atoms with Gasteiger partial charge in [-0.25, -0.2) is 0 Å². The van der Waals surface area contributed by atoms with Crippen LogP contribution in [0.3, 0.4) is 0 Å². The predicted molar refractivity (Wildman–Crippen MR) is 84.9 cm³/mol. The quantitative estimate of drug-likeness (QED) is 0.833. The fraction of sp³-hybridized carbons (Fsp3) is 0.412. The Balaban J connectivity index is 2.41. The first-order valence-electron chi connectivity index (χ1n) is 6.90. The molecule has 0 saturated heterocycles. The highest BCUT2D eigenvalue weighted by Crippen LogP contribution is 2.39. The SMILES string of the molecule is CCNC(c1ccsc1C)C(C)(C)c1ccccc1. The molecule has 1 nitrogen and oxygen atoms in total. The van der Waals surface area contributed by atoms with E-state index in [1.165, 1.54) is 16.0 Å². The van der Waals surface area contributed by atoms with Crippen molar-refractivity contribution in [1.29, 1.82) is 0 Å². The maximum Gasteiger partial charge on any atom is 0.0423 e. The molecule has 0 bridgehead atoms. The Morgan fingerprint density at radius 2 is 1.84 bits per heavy atom. The molecular weight excluding hydrogens is 250 g/mol. The van der Waals surface area contributed by atoms with E-state index in [9.17, 15) is 0 Å². The van der Waals surface area contributed by atoms with E-state index in [-0.39, 0.29) is 5.41 Å². The molecule has 2 rings (SSSR count). The minimum atomic E-state index is 0.0725. The number of hydrogen-bond donors (Lipinski definition) is 1. The number of nitrogens with one attached hydrogen (secondary N) is 1. The number of rotatable bonds is 5. The van der Waals surface area contributed by atoms with E-state index >= 15 is 0 Å². The van der Waals surface area contributed by atoms with Gasteiger partial charge in [0.2, 0.25) is 0 Å². The normalized spacial score (nSPS) is 13.5. The van der Waals surface area contributed by atoms with Gasteiger partial charge in [0.25, 0.3) is 0 Å². The molecule has 0 fully saturated rings. The van der Waals surface area contributed by atoms with Crippen LogP contribution < -0.4 is 5.32 Å². The van der Waals surface area contributed by atoms with Crippen molar-refractivity contribution in [2.45, 2.75) is 39.2 Å². The molecule has 1 aromatic carbocycles. The summed E-state index contributed by atoms with van der Waals surface area (Å²) in [5.41, 5.74) is 2.88. The Hall–Kier alpha value is -1.12. The highest BCUT2D eigenvalue weighted by Gasteiger charge is 2.32. The van der Waals surface area contributed by atoms with E-state index in [2.05, 4.69) is 74.8 Å². The van der Waals surface area contributed by atoms with E-state index in [1.807, 2.05) is 11.3 Å². The van der Waals surface area contributed by atoms with Gasteiger partial charge in [-0.2, -0.15) is 0 Å². The lowest BCUT2D eigenvalue weighted by atomic mass is 9.75. The average Bonchev–Trinajstić information content (AvgIpc) is 2.83. The van der Waals surface area contributed by atoms with Crippen LogP contribution >= 0.6 is 11.3 Å². The summed E-state index contributed by atoms with van der Waals surface area (Å²) >= 11 is 1.83. The molecule has 2 heteroatoms. The van der Waals surface area contributed by atoms with Gasteiger partial charge in [0.05, 0.1) is 0 Å². The summed E-state index contributed by atoms with van der Waals surface area (Å²) in [6, 6.07) is 13.4. The van der Waals surface area contributed by atoms with E-state index < -0.39 is 0 Å². The third kappa shape index (κ3) is 2.90. The highest BCUT2D eigenvalue weighted by molar-refractivity contribution is 7.10. The number of likely N-dealkylation sites (N-methyl/N-ethyl adjacent to an activating group) is 1. The lowest BCUT2D eigenvalue weighted by Crippen LogP contribution is -2.37. The number of hydrogen-bond acceptors (Lipinski definition) is 2. The van der Waals surface area contributed by atoms with Gasteiger partial charge in [0.15, 0.2) is 0 Å². The van der Waals surface area contributed by atoms with Crippen molar-refractivity contribution in [3.63, 3.8) is 0 Å². The van der Waals surface area contributed by atoms with Crippen molar-refractivity contribution in [3.05, 3.63) is 57.8 Å². The van der Waals surface area contributed by atoms with Crippen LogP contribution in [0.5, 0.6) is 0 Å². The van der Waals surface area contributed by atoms with Gasteiger partial charge in [-0.05, 0) is 36.0 Å². The molecule has 1 aromatic heterocycles. The average molecular weight is 273 g/mol. The molecule has 1 heterocycles. The van der Waals surface area contributed by atoms with Crippen molar-refractivity contribution in [3.8, 4) is 0 Å². The number of thiophene rings is 1. The van der Waals surface area contributed by atoms with Crippen molar-refractivity contribution in [2.75, 3.05) is 6.54 Å². The first kappa shape index (κ1) is 14.3. The smallest absolute Gasteiger partial charge is 0.0423 e. The van der Waals surface area contributed by atoms with Gasteiger partial charge in [0.1, 0.15) is 0 Å². The summed E-state index contributed by atoms with van der Waals surface area (Å²) in [5, 5.41) is 5.86. The van der Waals surface area contributed by atoms with E-state index in [4.69, 9.17) is 0 Å². The van der Waals surface area contributed by atoms with Crippen LogP contribution in [0, 0.1) is 6.92 Å². The van der Waals surface area contributed by atoms with Crippen molar-refractivity contribution >= 4 is 11.3 Å². The molecule has 1 unspecified atom stereocenters. The topological polar surface area (TPSA) is 12.0 Å². The largest absolute Gasteiger partial charge is 0.309 e. The summed E-state index contributed by atoms with van der Waals surface area (Å²) in [7, 11) is 0. The summed E-state index contributed by atoms with van der Waals surface area (Å²) in [6.45, 7) is 10.0. The predicted octanol–water partition coefficient (Wildman–Crippen LogP) is 4.68. The fourth-order valence-corrected chi connectivity index (χ4v) is 3.43. The van der Waals surface area contributed by atoms with Crippen molar-refractivity contribution in [2.24, 2.45) is 0 Å². The zero-order valence-corrected chi connectivity index (χ0v) is 13.1. The van der Waals surface area contributed by atoms with Gasteiger partial charge in [-0.1, -0.05) is 51.1 Å². The molecule has 0 amide bonds. The molecule has 102 valence electrons. The Kier molecular flexibility index (Phi) is 4.43. The molecule has 0 radical (unpaired) electrons. The lowest BCUT2D eigenvalue weighted by Gasteiger charge is -2.36. The minimum Gasteiger partial charge on any atom is -0.309 e. The van der Waals surface area contributed by atoms with Gasteiger partial charge in [-0.15, -0.1) is 11.3 Å². The Labute approximate surface area is 120 Å². The molecule has 0 aliphatic heterocycles. The first-order chi connectivity index (χ1) is 9.07. The van der Waals surface area contributed by atoms with Gasteiger partial charge in [-0.3, -0.25) is 0 Å². The minimum absolute atomic E-state index is 0.0725. The molecular formula is C17H23NS. The number of benzene rings is 1. The maximum absolute atomic E-state index is 3.67. The molecule has 0 saturated carbocycles. The van der Waals surface area contributed by atoms with Gasteiger partial charge in [0, 0.05) is 16.3 Å². The van der Waals surface area contributed by atoms with E-state index in [0.717, 1.165) is 6.54 Å². The van der Waals surface area contributed by atoms with Crippen molar-refractivity contribution in [1.82, 2.24) is 5.32 Å². The second-order valence-corrected chi connectivity index (χ2v) is 6.63. The van der Waals surface area contributed by atoms with Gasteiger partial charge >= 0.3 is 0 Å². The standard InChI is InChI=1S/C17H23NS/c1-5-18-16(15-11-12-19-13(15)2)17(3,4)14-9-7-6-8-10-14/h6-12,16,18H,5H2,1-4H3. The second-order valence-electron chi connectivity index (χ2n) is 5.51. The van der Waals surface area contributed by atoms with Crippen LogP contribution in [-0.4, -0.2) is 6.54 Å². The zero-order valence-electron chi connectivity index (χ0n) is 12.2. The highest BCUT2D eigenvalue weighted by atomic mass is 32.1. The monoisotopic (exact) mass is 273 g/mol. The first-order valence-corrected chi connectivity index (χ1v) is 7.78. The Bertz CT molecular complexity index is 513. The fourth-order valence-electron chi connectivity index (χ4n) is 2.69. The summed E-state index contributed by atoms with van der Waals surface area (Å²) in [5.74, 6) is 0. The summed E-state index contributed by atoms with van der Waals surface area (Å²) in [6.07, 6.45) is 0. The second kappa shape index (κ2) is 5.89. The summed E-state index contributed by atoms with van der Waals surface area (Å²) < 4.78 is 0. The van der Waals surface area contributed by atoms with Crippen LogP contribution in [0.25, 0.3) is 0 Å². The van der Waals surface area contributed by atoms with Crippen LogP contribution in [-0.2, 0) is 5.41 Å². The molecule has 0 aliphatic rings. The molecule has 2 aromatic rings. The van der Waals surface area contributed by atoms with E-state index in [1.54, 1.807) is 0 Å². The third-order valence-electron chi connectivity index (χ3n) is 3.86. The molecule has 0 aliphatic carbocycles. The summed E-state index contributed by atoms with van der Waals surface area (Å²) in [4.78, 5) is 1.41. The van der Waals surface area contributed by atoms with E-state index in [0.29, 0.717) is 6.04 Å². The number of aryl methyl sites for hydroxylation is 1. The Morgan fingerprint density at radius 1 is 1.16 bits per heavy atom. The zero-order chi connectivity index (χ0) is 13.9. The molecule has 0 spiro atoms. The van der Waals surface area contributed by atoms with Crippen molar-refractivity contribution < 1.29 is 0 Å². The third-order valence-corrected chi connectivity index (χ3v) is 4.72. The van der Waals surface area contributed by atoms with Crippen LogP contribution in [0.2, 0.25) is 0 Å². The van der Waals surface area contributed by atoms with Crippen LogP contribution in [0.15, 0.2) is 41.8 Å². The molecule has 1 atom stereocenters. The van der Waals surface area contributed by atoms with Crippen LogP contribution in [0.1, 0.15) is 42.8 Å². The Morgan fingerprint density at radius 3 is 2.37 bits per heavy atom.